The summed E-state index contributed by atoms with van der Waals surface area (Å²) < 4.78 is 6.77. The van der Waals surface area contributed by atoms with E-state index in [4.69, 9.17) is 4.74 Å². The number of benzene rings is 2. The molecule has 130 valence electrons. The number of fused-ring (bicyclic) bond motifs is 1. The molecule has 2 atom stereocenters. The van der Waals surface area contributed by atoms with Gasteiger partial charge in [0.15, 0.2) is 0 Å². The van der Waals surface area contributed by atoms with Crippen molar-refractivity contribution in [1.29, 1.82) is 0 Å². The van der Waals surface area contributed by atoms with Crippen LogP contribution in [0.4, 0.5) is 0 Å². The summed E-state index contributed by atoms with van der Waals surface area (Å²) in [6.45, 7) is 1.86. The van der Waals surface area contributed by atoms with E-state index in [9.17, 15) is 0 Å². The molecular weight excluding hydrogens is 330 g/mol. The fraction of sp³-hybridized carbons (Fsp3) is 0.350. The molecule has 4 rings (SSSR count). The van der Waals surface area contributed by atoms with Gasteiger partial charge in [-0.15, -0.1) is 11.3 Å². The number of rotatable bonds is 5. The van der Waals surface area contributed by atoms with E-state index >= 15 is 0 Å². The number of hydrogen-bond acceptors (Lipinski definition) is 5. The molecule has 0 saturated carbocycles. The van der Waals surface area contributed by atoms with Gasteiger partial charge < -0.3 is 15.4 Å². The number of aromatic nitrogens is 1. The second-order valence-corrected chi connectivity index (χ2v) is 7.34. The van der Waals surface area contributed by atoms with Crippen LogP contribution < -0.4 is 15.4 Å². The summed E-state index contributed by atoms with van der Waals surface area (Å²) in [6, 6.07) is 15.7. The minimum atomic E-state index is 0.351. The normalized spacial score (nSPS) is 20.7. The summed E-state index contributed by atoms with van der Waals surface area (Å²) in [5.41, 5.74) is 5.45. The molecule has 0 bridgehead atoms. The van der Waals surface area contributed by atoms with Crippen molar-refractivity contribution in [3.05, 3.63) is 59.1 Å². The smallest absolute Gasteiger partial charge is 0.124 e. The highest BCUT2D eigenvalue weighted by Crippen LogP contribution is 2.29. The quantitative estimate of drug-likeness (QED) is 0.730. The molecule has 0 radical (unpaired) electrons. The van der Waals surface area contributed by atoms with Gasteiger partial charge >= 0.3 is 0 Å². The summed E-state index contributed by atoms with van der Waals surface area (Å²) in [5.74, 6) is 0.935. The Balaban J connectivity index is 1.53. The Hall–Kier alpha value is -1.95. The minimum absolute atomic E-state index is 0.351. The van der Waals surface area contributed by atoms with Crippen molar-refractivity contribution in [3.63, 3.8) is 0 Å². The van der Waals surface area contributed by atoms with Gasteiger partial charge in [0.1, 0.15) is 5.75 Å². The Labute approximate surface area is 152 Å². The lowest BCUT2D eigenvalue weighted by molar-refractivity contribution is 0.303. The highest BCUT2D eigenvalue weighted by molar-refractivity contribution is 7.16. The first-order valence-electron chi connectivity index (χ1n) is 8.77. The average Bonchev–Trinajstić information content (AvgIpc) is 3.13. The highest BCUT2D eigenvalue weighted by atomic mass is 32.1. The van der Waals surface area contributed by atoms with Crippen LogP contribution in [0.25, 0.3) is 10.2 Å². The molecule has 5 heteroatoms. The van der Waals surface area contributed by atoms with Crippen LogP contribution in [0.5, 0.6) is 5.75 Å². The van der Waals surface area contributed by atoms with Gasteiger partial charge in [-0.05, 0) is 37.1 Å². The third-order valence-corrected chi connectivity index (χ3v) is 5.70. The van der Waals surface area contributed by atoms with Gasteiger partial charge in [-0.2, -0.15) is 0 Å². The largest absolute Gasteiger partial charge is 0.496 e. The van der Waals surface area contributed by atoms with Crippen molar-refractivity contribution >= 4 is 21.6 Å². The number of piperidine rings is 1. The number of nitrogens with one attached hydrogen (secondary N) is 2. The first-order chi connectivity index (χ1) is 12.3. The molecule has 25 heavy (non-hydrogen) atoms. The molecule has 2 aromatic carbocycles. The van der Waals surface area contributed by atoms with Gasteiger partial charge in [0.2, 0.25) is 0 Å². The Kier molecular flexibility index (Phi) is 4.97. The van der Waals surface area contributed by atoms with E-state index in [0.29, 0.717) is 12.1 Å². The van der Waals surface area contributed by atoms with Crippen LogP contribution in [0.2, 0.25) is 0 Å². The van der Waals surface area contributed by atoms with E-state index in [0.717, 1.165) is 24.4 Å². The molecule has 0 aliphatic carbocycles. The number of methoxy groups -OCH3 is 1. The van der Waals surface area contributed by atoms with Crippen LogP contribution in [0.15, 0.2) is 48.0 Å². The molecule has 2 N–H and O–H groups in total. The van der Waals surface area contributed by atoms with Crippen molar-refractivity contribution in [2.75, 3.05) is 13.7 Å². The van der Waals surface area contributed by atoms with E-state index in [1.807, 2.05) is 5.51 Å². The van der Waals surface area contributed by atoms with E-state index in [-0.39, 0.29) is 0 Å². The van der Waals surface area contributed by atoms with Crippen LogP contribution in [0.3, 0.4) is 0 Å². The topological polar surface area (TPSA) is 46.2 Å². The van der Waals surface area contributed by atoms with Crippen molar-refractivity contribution in [3.8, 4) is 5.75 Å². The summed E-state index contributed by atoms with van der Waals surface area (Å²) in [6.07, 6.45) is 2.37. The van der Waals surface area contributed by atoms with Crippen molar-refractivity contribution in [1.82, 2.24) is 15.6 Å². The SMILES string of the molecule is COc1cc2scnc2cc1CNC1CCCNC1c1ccccc1. The molecule has 4 nitrogen and oxygen atoms in total. The zero-order chi connectivity index (χ0) is 17.1. The molecule has 2 unspecified atom stereocenters. The van der Waals surface area contributed by atoms with Crippen LogP contribution in [0.1, 0.15) is 30.0 Å². The summed E-state index contributed by atoms with van der Waals surface area (Å²) in [5, 5.41) is 7.42. The molecule has 1 fully saturated rings. The third kappa shape index (κ3) is 3.54. The number of hydrogen-bond donors (Lipinski definition) is 2. The fourth-order valence-corrected chi connectivity index (χ4v) is 4.30. The molecule has 3 aromatic rings. The first kappa shape index (κ1) is 16.5. The average molecular weight is 353 g/mol. The monoisotopic (exact) mass is 353 g/mol. The third-order valence-electron chi connectivity index (χ3n) is 4.91. The minimum Gasteiger partial charge on any atom is -0.496 e. The van der Waals surface area contributed by atoms with Gasteiger partial charge in [0.05, 0.1) is 22.8 Å². The lowest BCUT2D eigenvalue weighted by Crippen LogP contribution is -2.45. The van der Waals surface area contributed by atoms with Crippen molar-refractivity contribution < 1.29 is 4.74 Å². The standard InChI is InChI=1S/C20H23N3OS/c1-24-18-11-19-17(23-13-25-19)10-15(18)12-22-16-8-5-9-21-20(16)14-6-3-2-4-7-14/h2-4,6-7,10-11,13,16,20-22H,5,8-9,12H2,1H3. The summed E-state index contributed by atoms with van der Waals surface area (Å²) in [4.78, 5) is 4.43. The molecule has 1 aliphatic rings. The van der Waals surface area contributed by atoms with E-state index in [1.165, 1.54) is 28.7 Å². The van der Waals surface area contributed by atoms with Crippen molar-refractivity contribution in [2.24, 2.45) is 0 Å². The second-order valence-electron chi connectivity index (χ2n) is 6.46. The Bertz CT molecular complexity index is 833. The van der Waals surface area contributed by atoms with Gasteiger partial charge in [-0.1, -0.05) is 30.3 Å². The molecule has 1 aliphatic heterocycles. The van der Waals surface area contributed by atoms with Crippen LogP contribution in [-0.2, 0) is 6.54 Å². The summed E-state index contributed by atoms with van der Waals surface area (Å²) >= 11 is 1.65. The second kappa shape index (κ2) is 7.52. The maximum Gasteiger partial charge on any atom is 0.124 e. The zero-order valence-corrected chi connectivity index (χ0v) is 15.2. The molecule has 1 aromatic heterocycles. The van der Waals surface area contributed by atoms with Crippen LogP contribution >= 0.6 is 11.3 Å². The lowest BCUT2D eigenvalue weighted by Gasteiger charge is -2.34. The number of ether oxygens (including phenoxy) is 1. The maximum absolute atomic E-state index is 5.60. The maximum atomic E-state index is 5.60. The predicted octanol–water partition coefficient (Wildman–Crippen LogP) is 3.89. The van der Waals surface area contributed by atoms with E-state index < -0.39 is 0 Å². The predicted molar refractivity (Wildman–Crippen MR) is 103 cm³/mol. The Morgan fingerprint density at radius 2 is 2.16 bits per heavy atom. The highest BCUT2D eigenvalue weighted by Gasteiger charge is 2.25. The fourth-order valence-electron chi connectivity index (χ4n) is 3.62. The van der Waals surface area contributed by atoms with Crippen molar-refractivity contribution in [2.45, 2.75) is 31.5 Å². The summed E-state index contributed by atoms with van der Waals surface area (Å²) in [7, 11) is 1.74. The Morgan fingerprint density at radius 3 is 3.00 bits per heavy atom. The molecule has 2 heterocycles. The Morgan fingerprint density at radius 1 is 1.28 bits per heavy atom. The van der Waals surface area contributed by atoms with Gasteiger partial charge in [0, 0.05) is 24.2 Å². The van der Waals surface area contributed by atoms with Gasteiger partial charge in [0.25, 0.3) is 0 Å². The molecule has 0 amide bonds. The van der Waals surface area contributed by atoms with Gasteiger partial charge in [-0.3, -0.25) is 0 Å². The van der Waals surface area contributed by atoms with Crippen LogP contribution in [-0.4, -0.2) is 24.7 Å². The lowest BCUT2D eigenvalue weighted by atomic mass is 9.92. The number of thiazole rings is 1. The van der Waals surface area contributed by atoms with E-state index in [1.54, 1.807) is 18.4 Å². The molecule has 0 spiro atoms. The zero-order valence-electron chi connectivity index (χ0n) is 14.4. The van der Waals surface area contributed by atoms with E-state index in [2.05, 4.69) is 58.1 Å². The molecule has 1 saturated heterocycles. The van der Waals surface area contributed by atoms with Crippen LogP contribution in [0, 0.1) is 0 Å². The van der Waals surface area contributed by atoms with Gasteiger partial charge in [-0.25, -0.2) is 4.98 Å². The molecular formula is C20H23N3OS. The first-order valence-corrected chi connectivity index (χ1v) is 9.65. The number of nitrogens with zero attached hydrogens (tertiary/aromatic N) is 1.